The van der Waals surface area contributed by atoms with E-state index >= 15 is 0 Å². The molecule has 0 amide bonds. The van der Waals surface area contributed by atoms with Crippen molar-refractivity contribution in [2.24, 2.45) is 0 Å². The van der Waals surface area contributed by atoms with Crippen LogP contribution in [0, 0.1) is 13.3 Å². The quantitative estimate of drug-likeness (QED) is 0.613. The third-order valence-corrected chi connectivity index (χ3v) is 1.55. The van der Waals surface area contributed by atoms with Crippen molar-refractivity contribution >= 4 is 11.6 Å². The predicted octanol–water partition coefficient (Wildman–Crippen LogP) is 3.30. The Balaban J connectivity index is 3.09. The molecule has 1 aromatic carbocycles. The molecular formula is C8H5ClF2. The summed E-state index contributed by atoms with van der Waals surface area (Å²) in [7, 11) is 0. The van der Waals surface area contributed by atoms with E-state index in [1.807, 2.05) is 0 Å². The molecule has 0 bridgehead atoms. The monoisotopic (exact) mass is 174 g/mol. The van der Waals surface area contributed by atoms with E-state index < -0.39 is 6.43 Å². The molecule has 0 saturated carbocycles. The summed E-state index contributed by atoms with van der Waals surface area (Å²) in [4.78, 5) is 0. The summed E-state index contributed by atoms with van der Waals surface area (Å²) in [5.41, 5.74) is 0.402. The van der Waals surface area contributed by atoms with Crippen LogP contribution in [0.5, 0.6) is 0 Å². The molecular weight excluding hydrogens is 170 g/mol. The molecule has 1 rings (SSSR count). The van der Waals surface area contributed by atoms with Gasteiger partial charge in [0.2, 0.25) is 0 Å². The lowest BCUT2D eigenvalue weighted by Crippen LogP contribution is -1.86. The molecule has 0 aromatic heterocycles. The summed E-state index contributed by atoms with van der Waals surface area (Å²) in [6.45, 7) is 3.54. The zero-order valence-corrected chi connectivity index (χ0v) is 6.33. The molecule has 0 aliphatic rings. The van der Waals surface area contributed by atoms with Crippen molar-refractivity contribution in [3.8, 4) is 0 Å². The zero-order valence-electron chi connectivity index (χ0n) is 5.57. The summed E-state index contributed by atoms with van der Waals surface area (Å²) < 4.78 is 23.9. The van der Waals surface area contributed by atoms with Crippen LogP contribution < -0.4 is 0 Å². The van der Waals surface area contributed by atoms with Crippen molar-refractivity contribution in [3.63, 3.8) is 0 Å². The second-order valence-electron chi connectivity index (χ2n) is 2.07. The minimum atomic E-state index is -1.77. The van der Waals surface area contributed by atoms with Crippen LogP contribution in [-0.2, 0) is 0 Å². The van der Waals surface area contributed by atoms with Crippen LogP contribution in [0.4, 0.5) is 8.78 Å². The van der Waals surface area contributed by atoms with Crippen molar-refractivity contribution in [2.45, 2.75) is 0 Å². The molecule has 0 aliphatic heterocycles. The number of benzene rings is 1. The van der Waals surface area contributed by atoms with Gasteiger partial charge in [0.1, 0.15) is 0 Å². The Labute approximate surface area is 68.8 Å². The van der Waals surface area contributed by atoms with Crippen LogP contribution in [0.3, 0.4) is 0 Å². The second kappa shape index (κ2) is 3.18. The van der Waals surface area contributed by atoms with Crippen LogP contribution >= 0.6 is 11.6 Å². The molecule has 0 heterocycles. The fraction of sp³-hybridized carbons (Fsp3) is 0. The Bertz CT molecular complexity index is 258. The molecule has 0 atom stereocenters. The summed E-state index contributed by atoms with van der Waals surface area (Å²) in [6, 6.07) is 4.14. The second-order valence-corrected chi connectivity index (χ2v) is 2.48. The molecule has 58 valence electrons. The Hall–Kier alpha value is -0.630. The van der Waals surface area contributed by atoms with Crippen LogP contribution in [-0.4, -0.2) is 0 Å². The molecule has 0 saturated heterocycles. The number of hydrogen-bond donors (Lipinski definition) is 0. The third kappa shape index (κ3) is 1.90. The van der Waals surface area contributed by atoms with Crippen LogP contribution in [0.2, 0.25) is 5.02 Å². The highest BCUT2D eigenvalue weighted by molar-refractivity contribution is 6.31. The first-order valence-electron chi connectivity index (χ1n) is 2.91. The molecule has 3 heteroatoms. The van der Waals surface area contributed by atoms with Gasteiger partial charge in [0, 0.05) is 5.56 Å². The smallest absolute Gasteiger partial charge is 0.194 e. The number of hydrogen-bond acceptors (Lipinski definition) is 0. The minimum Gasteiger partial charge on any atom is -0.194 e. The predicted molar refractivity (Wildman–Crippen MR) is 40.5 cm³/mol. The topological polar surface area (TPSA) is 0 Å². The molecule has 0 aliphatic carbocycles. The van der Waals surface area contributed by atoms with Gasteiger partial charge < -0.3 is 0 Å². The lowest BCUT2D eigenvalue weighted by molar-refractivity contribution is 0.325. The van der Waals surface area contributed by atoms with Gasteiger partial charge in [-0.1, -0.05) is 23.7 Å². The Morgan fingerprint density at radius 2 is 2.00 bits per heavy atom. The van der Waals surface area contributed by atoms with E-state index in [1.54, 1.807) is 0 Å². The van der Waals surface area contributed by atoms with Gasteiger partial charge in [-0.05, 0) is 18.6 Å². The van der Waals surface area contributed by atoms with Gasteiger partial charge in [-0.15, -0.1) is 0 Å². The molecule has 0 N–H and O–H groups in total. The largest absolute Gasteiger partial charge is 0.341 e. The lowest BCUT2D eigenvalue weighted by atomic mass is 10.1. The first-order chi connectivity index (χ1) is 5.11. The molecule has 2 radical (unpaired) electrons. The van der Waals surface area contributed by atoms with E-state index in [4.69, 9.17) is 11.6 Å². The van der Waals surface area contributed by atoms with E-state index in [9.17, 15) is 8.78 Å². The van der Waals surface area contributed by atoms with Crippen LogP contribution in [0.15, 0.2) is 18.2 Å². The highest BCUT2D eigenvalue weighted by Crippen LogP contribution is 2.26. The maximum Gasteiger partial charge on any atom is 0.341 e. The minimum absolute atomic E-state index is 0.0394. The molecule has 0 nitrogen and oxygen atoms in total. The van der Waals surface area contributed by atoms with E-state index in [0.717, 1.165) is 0 Å². The maximum atomic E-state index is 12.0. The van der Waals surface area contributed by atoms with Gasteiger partial charge in [-0.2, -0.15) is 8.78 Å². The maximum absolute atomic E-state index is 12.0. The number of rotatable bonds is 1. The molecule has 0 fully saturated rings. The van der Waals surface area contributed by atoms with Crippen LogP contribution in [0.25, 0.3) is 0 Å². The van der Waals surface area contributed by atoms with Gasteiger partial charge in [0.25, 0.3) is 0 Å². The van der Waals surface area contributed by atoms with Gasteiger partial charge in [0.15, 0.2) is 0 Å². The normalized spacial score (nSPS) is 10.6. The van der Waals surface area contributed by atoms with E-state index in [2.05, 4.69) is 6.92 Å². The number of halogens is 3. The van der Waals surface area contributed by atoms with Crippen LogP contribution in [0.1, 0.15) is 11.1 Å². The average molecular weight is 175 g/mol. The van der Waals surface area contributed by atoms with Crippen molar-refractivity contribution in [2.75, 3.05) is 0 Å². The molecule has 11 heavy (non-hydrogen) atoms. The van der Waals surface area contributed by atoms with E-state index in [-0.39, 0.29) is 10.6 Å². The summed E-state index contributed by atoms with van der Waals surface area (Å²) in [5.74, 6) is 0. The highest BCUT2D eigenvalue weighted by atomic mass is 35.5. The highest BCUT2D eigenvalue weighted by Gasteiger charge is 2.12. The third-order valence-electron chi connectivity index (χ3n) is 1.24. The first-order valence-corrected chi connectivity index (χ1v) is 3.29. The fourth-order valence-electron chi connectivity index (χ4n) is 0.712. The lowest BCUT2D eigenvalue weighted by Gasteiger charge is -2.00. The van der Waals surface area contributed by atoms with Crippen molar-refractivity contribution in [1.82, 2.24) is 0 Å². The summed E-state index contributed by atoms with van der Waals surface area (Å²) >= 11 is 5.48. The fourth-order valence-corrected chi connectivity index (χ4v) is 0.986. The summed E-state index contributed by atoms with van der Waals surface area (Å²) in [6.07, 6.45) is -1.77. The Morgan fingerprint density at radius 3 is 2.45 bits per heavy atom. The van der Waals surface area contributed by atoms with Gasteiger partial charge in [0.05, 0.1) is 5.02 Å². The average Bonchev–Trinajstić information content (AvgIpc) is 1.85. The van der Waals surface area contributed by atoms with Crippen molar-refractivity contribution < 1.29 is 8.78 Å². The van der Waals surface area contributed by atoms with Crippen molar-refractivity contribution in [1.29, 1.82) is 0 Å². The van der Waals surface area contributed by atoms with E-state index in [0.29, 0.717) is 5.56 Å². The van der Waals surface area contributed by atoms with E-state index in [1.165, 1.54) is 18.2 Å². The Morgan fingerprint density at radius 1 is 1.36 bits per heavy atom. The molecule has 0 spiro atoms. The zero-order chi connectivity index (χ0) is 8.43. The standard InChI is InChI=1S/C8H5ClF2/c1-5-2-3-6(8(10)11)7(9)4-5/h2-4H,1H2. The first kappa shape index (κ1) is 8.47. The molecule has 1 aromatic rings. The summed E-state index contributed by atoms with van der Waals surface area (Å²) in [5, 5.41) is 0.0394. The van der Waals surface area contributed by atoms with Gasteiger partial charge in [-0.25, -0.2) is 0 Å². The van der Waals surface area contributed by atoms with Gasteiger partial charge in [-0.3, -0.25) is 0 Å². The van der Waals surface area contributed by atoms with Crippen molar-refractivity contribution in [3.05, 3.63) is 47.7 Å². The molecule has 0 unspecified atom stereocenters. The Kier molecular flexibility index (Phi) is 2.45. The van der Waals surface area contributed by atoms with Gasteiger partial charge >= 0.3 is 6.43 Å². The SMILES string of the molecule is [CH2]c1ccc([C](F)F)c(Cl)c1.